The fraction of sp³-hybridized carbons (Fsp3) is 0.250. The van der Waals surface area contributed by atoms with E-state index < -0.39 is 5.97 Å². The summed E-state index contributed by atoms with van der Waals surface area (Å²) in [6, 6.07) is 3.73. The highest BCUT2D eigenvalue weighted by Gasteiger charge is 2.05. The van der Waals surface area contributed by atoms with Gasteiger partial charge in [-0.15, -0.1) is 11.8 Å². The number of nitrogens with one attached hydrogen (secondary N) is 1. The lowest BCUT2D eigenvalue weighted by Crippen LogP contribution is -2.26. The molecule has 1 aromatic heterocycles. The van der Waals surface area contributed by atoms with Gasteiger partial charge in [0, 0.05) is 16.4 Å². The Morgan fingerprint density at radius 3 is 3.20 bits per heavy atom. The van der Waals surface area contributed by atoms with E-state index in [4.69, 9.17) is 5.84 Å². The molecule has 0 saturated carbocycles. The highest BCUT2D eigenvalue weighted by atomic mass is 79.9. The van der Waals surface area contributed by atoms with Gasteiger partial charge in [-0.05, 0) is 28.1 Å². The summed E-state index contributed by atoms with van der Waals surface area (Å²) in [5.74, 6) is 5.02. The van der Waals surface area contributed by atoms with Crippen molar-refractivity contribution in [1.82, 2.24) is 10.6 Å². The van der Waals surface area contributed by atoms with Crippen LogP contribution in [0.2, 0.25) is 0 Å². The third-order valence-electron chi connectivity index (χ3n) is 1.44. The molecule has 0 atom stereocenters. The normalized spacial score (nSPS) is 10.0. The van der Waals surface area contributed by atoms with Crippen LogP contribution in [0.15, 0.2) is 27.8 Å². The van der Waals surface area contributed by atoms with Crippen molar-refractivity contribution in [2.45, 2.75) is 11.4 Å². The van der Waals surface area contributed by atoms with Gasteiger partial charge in [-0.1, -0.05) is 5.59 Å². The largest absolute Gasteiger partial charge is 0.356 e. The number of aromatic nitrogens is 1. The van der Waals surface area contributed by atoms with Crippen molar-refractivity contribution in [3.63, 3.8) is 0 Å². The summed E-state index contributed by atoms with van der Waals surface area (Å²) in [6.45, 7) is 0. The van der Waals surface area contributed by atoms with Crippen LogP contribution in [0, 0.1) is 0 Å². The molecule has 1 rings (SSSR count). The summed E-state index contributed by atoms with van der Waals surface area (Å²) in [4.78, 5) is 19.4. The van der Waals surface area contributed by atoms with Crippen LogP contribution in [0.4, 0.5) is 0 Å². The third-order valence-corrected chi connectivity index (χ3v) is 3.35. The molecule has 7 heteroatoms. The maximum absolute atomic E-state index is 10.9. The molecule has 0 spiro atoms. The molecule has 15 heavy (non-hydrogen) atoms. The molecule has 3 N–H and O–H groups in total. The van der Waals surface area contributed by atoms with Crippen LogP contribution in [-0.4, -0.2) is 16.7 Å². The Morgan fingerprint density at radius 1 is 1.73 bits per heavy atom. The monoisotopic (exact) mass is 291 g/mol. The topological polar surface area (TPSA) is 77.2 Å². The minimum absolute atomic E-state index is 0.276. The Balaban J connectivity index is 2.32. The second-order valence-electron chi connectivity index (χ2n) is 2.48. The first-order chi connectivity index (χ1) is 7.24. The first kappa shape index (κ1) is 12.4. The number of hydrogen-bond donors (Lipinski definition) is 2. The number of nitrogens with two attached hydrogens (primary N) is 1. The van der Waals surface area contributed by atoms with E-state index in [2.05, 4.69) is 25.8 Å². The highest BCUT2D eigenvalue weighted by Crippen LogP contribution is 2.24. The van der Waals surface area contributed by atoms with Gasteiger partial charge in [-0.3, -0.25) is 4.79 Å². The smallest absolute Gasteiger partial charge is 0.327 e. The molecule has 0 aliphatic rings. The van der Waals surface area contributed by atoms with E-state index in [1.54, 1.807) is 6.20 Å². The number of halogens is 1. The summed E-state index contributed by atoms with van der Waals surface area (Å²) < 4.78 is 0.917. The van der Waals surface area contributed by atoms with E-state index in [9.17, 15) is 4.79 Å². The van der Waals surface area contributed by atoms with Gasteiger partial charge in [-0.2, -0.15) is 0 Å². The molecule has 0 unspecified atom stereocenters. The van der Waals surface area contributed by atoms with Gasteiger partial charge in [0.05, 0.1) is 6.42 Å². The van der Waals surface area contributed by atoms with Crippen molar-refractivity contribution in [3.8, 4) is 0 Å². The average molecular weight is 292 g/mol. The van der Waals surface area contributed by atoms with Gasteiger partial charge < -0.3 is 4.84 Å². The van der Waals surface area contributed by atoms with Crippen LogP contribution >= 0.6 is 27.7 Å². The minimum atomic E-state index is -0.392. The second-order valence-corrected chi connectivity index (χ2v) is 4.42. The lowest BCUT2D eigenvalue weighted by Gasteiger charge is -2.02. The molecule has 0 amide bonds. The van der Waals surface area contributed by atoms with Gasteiger partial charge in [0.2, 0.25) is 0 Å². The quantitative estimate of drug-likeness (QED) is 0.483. The van der Waals surface area contributed by atoms with Crippen molar-refractivity contribution in [2.24, 2.45) is 5.84 Å². The first-order valence-corrected chi connectivity index (χ1v) is 5.90. The van der Waals surface area contributed by atoms with Crippen LogP contribution in [0.3, 0.4) is 0 Å². The van der Waals surface area contributed by atoms with Crippen LogP contribution in [-0.2, 0) is 9.63 Å². The summed E-state index contributed by atoms with van der Waals surface area (Å²) in [5.41, 5.74) is 1.84. The fourth-order valence-electron chi connectivity index (χ4n) is 0.825. The Hall–Kier alpha value is -0.630. The first-order valence-electron chi connectivity index (χ1n) is 4.12. The molecule has 0 bridgehead atoms. The summed E-state index contributed by atoms with van der Waals surface area (Å²) in [7, 11) is 0. The number of pyridine rings is 1. The zero-order valence-electron chi connectivity index (χ0n) is 7.77. The lowest BCUT2D eigenvalue weighted by atomic mass is 10.5. The lowest BCUT2D eigenvalue weighted by molar-refractivity contribution is -0.150. The van der Waals surface area contributed by atoms with Crippen molar-refractivity contribution in [1.29, 1.82) is 0 Å². The molecule has 1 heterocycles. The maximum atomic E-state index is 10.9. The summed E-state index contributed by atoms with van der Waals surface area (Å²) in [6.07, 6.45) is 1.98. The number of thioether (sulfide) groups is 1. The summed E-state index contributed by atoms with van der Waals surface area (Å²) in [5, 5.41) is 0.853. The Labute approximate surface area is 99.8 Å². The van der Waals surface area contributed by atoms with Gasteiger partial charge >= 0.3 is 5.97 Å². The second kappa shape index (κ2) is 6.78. The predicted octanol–water partition coefficient (Wildman–Crippen LogP) is 1.25. The molecule has 0 fully saturated rings. The Bertz CT molecular complexity index is 337. The molecule has 0 saturated heterocycles. The number of carbonyl (C=O) groups is 1. The fourth-order valence-corrected chi connectivity index (χ4v) is 2.23. The van der Waals surface area contributed by atoms with Crippen molar-refractivity contribution >= 4 is 33.7 Å². The average Bonchev–Trinajstić information content (AvgIpc) is 2.21. The van der Waals surface area contributed by atoms with Crippen molar-refractivity contribution < 1.29 is 9.63 Å². The van der Waals surface area contributed by atoms with Gasteiger partial charge in [0.1, 0.15) is 5.03 Å². The molecule has 1 aromatic rings. The molecular formula is C8H10BrN3O2S. The number of hydrogen-bond acceptors (Lipinski definition) is 6. The minimum Gasteiger partial charge on any atom is -0.356 e. The predicted molar refractivity (Wildman–Crippen MR) is 60.7 cm³/mol. The molecule has 82 valence electrons. The molecule has 0 radical (unpaired) electrons. The molecule has 0 aliphatic heterocycles. The SMILES string of the molecule is NNOC(=O)CCSc1ncccc1Br. The van der Waals surface area contributed by atoms with E-state index in [1.165, 1.54) is 11.8 Å². The number of carbonyl (C=O) groups excluding carboxylic acids is 1. The third kappa shape index (κ3) is 4.61. The molecular weight excluding hydrogens is 282 g/mol. The standard InChI is InChI=1S/C8H10BrN3O2S/c9-6-2-1-4-11-8(6)15-5-3-7(13)14-12-10/h1-2,4,12H,3,5,10H2. The van der Waals surface area contributed by atoms with E-state index in [0.29, 0.717) is 5.75 Å². The van der Waals surface area contributed by atoms with Gasteiger partial charge in [0.15, 0.2) is 0 Å². The number of hydrazine groups is 1. The molecule has 0 aliphatic carbocycles. The zero-order chi connectivity index (χ0) is 11.1. The van der Waals surface area contributed by atoms with E-state index >= 15 is 0 Å². The Kier molecular flexibility index (Phi) is 5.62. The van der Waals surface area contributed by atoms with Crippen molar-refractivity contribution in [2.75, 3.05) is 5.75 Å². The van der Waals surface area contributed by atoms with Crippen LogP contribution in [0.5, 0.6) is 0 Å². The van der Waals surface area contributed by atoms with Gasteiger partial charge in [-0.25, -0.2) is 10.8 Å². The zero-order valence-corrected chi connectivity index (χ0v) is 10.2. The molecule has 0 aromatic carbocycles. The number of rotatable bonds is 5. The van der Waals surface area contributed by atoms with Crippen LogP contribution in [0.1, 0.15) is 6.42 Å². The summed E-state index contributed by atoms with van der Waals surface area (Å²) >= 11 is 4.84. The van der Waals surface area contributed by atoms with E-state index in [0.717, 1.165) is 9.50 Å². The van der Waals surface area contributed by atoms with Crippen molar-refractivity contribution in [3.05, 3.63) is 22.8 Å². The van der Waals surface area contributed by atoms with Gasteiger partial charge in [0.25, 0.3) is 0 Å². The highest BCUT2D eigenvalue weighted by molar-refractivity contribution is 9.10. The van der Waals surface area contributed by atoms with E-state index in [1.807, 2.05) is 17.7 Å². The van der Waals surface area contributed by atoms with E-state index in [-0.39, 0.29) is 6.42 Å². The van der Waals surface area contributed by atoms with Crippen LogP contribution < -0.4 is 11.4 Å². The van der Waals surface area contributed by atoms with Crippen LogP contribution in [0.25, 0.3) is 0 Å². The number of nitrogens with zero attached hydrogens (tertiary/aromatic N) is 1. The molecule has 5 nitrogen and oxygen atoms in total. The Morgan fingerprint density at radius 2 is 2.53 bits per heavy atom. The maximum Gasteiger partial charge on any atom is 0.327 e.